The zero-order valence-corrected chi connectivity index (χ0v) is 18.7. The molecule has 2 saturated heterocycles. The van der Waals surface area contributed by atoms with E-state index in [1.807, 2.05) is 0 Å². The number of hydrogen-bond acceptors (Lipinski definition) is 8. The number of carbonyl (C=O) groups excluding carboxylic acids is 1. The zero-order chi connectivity index (χ0) is 23.5. The largest absolute Gasteiger partial charge is 0.474 e. The third-order valence-electron chi connectivity index (χ3n) is 5.04. The maximum Gasteiger partial charge on any atom is 0.414 e. The molecule has 1 aromatic rings. The molecular formula is C18H21F2N5O5S2. The van der Waals surface area contributed by atoms with Gasteiger partial charge in [-0.1, -0.05) is 0 Å². The number of thiocarbonyl (C=S) groups is 1. The number of rotatable bonds is 6. The Hall–Kier alpha value is -2.76. The molecule has 0 aromatic heterocycles. The van der Waals surface area contributed by atoms with Crippen LogP contribution in [0.15, 0.2) is 12.1 Å². The van der Waals surface area contributed by atoms with Crippen LogP contribution in [0.25, 0.3) is 0 Å². The van der Waals surface area contributed by atoms with E-state index in [1.165, 1.54) is 12.0 Å². The lowest BCUT2D eigenvalue weighted by molar-refractivity contribution is 0.142. The van der Waals surface area contributed by atoms with Gasteiger partial charge in [0.1, 0.15) is 11.8 Å². The summed E-state index contributed by atoms with van der Waals surface area (Å²) in [5.41, 5.74) is -0.303. The summed E-state index contributed by atoms with van der Waals surface area (Å²) in [5.74, 6) is -2.42. The Bertz CT molecular complexity index is 1020. The fraction of sp³-hybridized carbons (Fsp3) is 0.500. The SMILES string of the molecule is COC(=S)NC[C@H]1CN(c2cc(F)c(N3CCN(S(=O)(=O)CC#N)CC3)c(F)c2)C(=O)O1. The normalized spacial score (nSPS) is 19.4. The summed E-state index contributed by atoms with van der Waals surface area (Å²) in [6, 6.07) is 3.67. The molecule has 0 unspecified atom stereocenters. The summed E-state index contributed by atoms with van der Waals surface area (Å²) < 4.78 is 64.8. The zero-order valence-electron chi connectivity index (χ0n) is 17.1. The van der Waals surface area contributed by atoms with Gasteiger partial charge < -0.3 is 19.7 Å². The van der Waals surface area contributed by atoms with Gasteiger partial charge in [0.05, 0.1) is 32.0 Å². The molecule has 2 fully saturated rings. The number of cyclic esters (lactones) is 1. The molecule has 1 aromatic carbocycles. The van der Waals surface area contributed by atoms with Crippen LogP contribution in [0.1, 0.15) is 0 Å². The van der Waals surface area contributed by atoms with Crippen molar-refractivity contribution in [2.24, 2.45) is 0 Å². The molecule has 0 saturated carbocycles. The number of methoxy groups -OCH3 is 1. The molecule has 0 aliphatic carbocycles. The summed E-state index contributed by atoms with van der Waals surface area (Å²) in [7, 11) is -2.33. The number of amides is 1. The quantitative estimate of drug-likeness (QED) is 0.579. The first-order valence-electron chi connectivity index (χ1n) is 9.55. The third kappa shape index (κ3) is 5.17. The maximum absolute atomic E-state index is 14.8. The van der Waals surface area contributed by atoms with Crippen molar-refractivity contribution in [1.29, 1.82) is 5.26 Å². The number of nitrogens with zero attached hydrogens (tertiary/aromatic N) is 4. The lowest BCUT2D eigenvalue weighted by Gasteiger charge is -2.35. The second-order valence-electron chi connectivity index (χ2n) is 7.05. The molecule has 10 nitrogen and oxygen atoms in total. The van der Waals surface area contributed by atoms with Gasteiger partial charge in [0.15, 0.2) is 17.4 Å². The Morgan fingerprint density at radius 1 is 1.31 bits per heavy atom. The number of nitrogens with one attached hydrogen (secondary N) is 1. The van der Waals surface area contributed by atoms with E-state index in [9.17, 15) is 22.0 Å². The molecule has 1 atom stereocenters. The van der Waals surface area contributed by atoms with Gasteiger partial charge >= 0.3 is 6.09 Å². The Labute approximate surface area is 189 Å². The lowest BCUT2D eigenvalue weighted by Crippen LogP contribution is -2.49. The summed E-state index contributed by atoms with van der Waals surface area (Å²) in [4.78, 5) is 14.7. The van der Waals surface area contributed by atoms with Gasteiger partial charge in [0.2, 0.25) is 10.0 Å². The van der Waals surface area contributed by atoms with Gasteiger partial charge in [-0.05, 0) is 12.2 Å². The molecule has 32 heavy (non-hydrogen) atoms. The highest BCUT2D eigenvalue weighted by molar-refractivity contribution is 7.89. The molecule has 1 amide bonds. The highest BCUT2D eigenvalue weighted by atomic mass is 32.2. The van der Waals surface area contributed by atoms with E-state index in [0.29, 0.717) is 0 Å². The fourth-order valence-corrected chi connectivity index (χ4v) is 4.63. The molecule has 2 heterocycles. The summed E-state index contributed by atoms with van der Waals surface area (Å²) in [6.45, 7) is 0.346. The van der Waals surface area contributed by atoms with Gasteiger partial charge in [0, 0.05) is 38.3 Å². The topological polar surface area (TPSA) is 115 Å². The van der Waals surface area contributed by atoms with Crippen molar-refractivity contribution in [3.8, 4) is 6.07 Å². The highest BCUT2D eigenvalue weighted by Gasteiger charge is 2.34. The average Bonchev–Trinajstić information content (AvgIpc) is 3.12. The molecule has 14 heteroatoms. The van der Waals surface area contributed by atoms with E-state index in [-0.39, 0.29) is 55.8 Å². The van der Waals surface area contributed by atoms with Crippen LogP contribution in [0.5, 0.6) is 0 Å². The van der Waals surface area contributed by atoms with E-state index in [1.54, 1.807) is 6.07 Å². The lowest BCUT2D eigenvalue weighted by atomic mass is 10.2. The van der Waals surface area contributed by atoms with Crippen molar-refractivity contribution in [1.82, 2.24) is 9.62 Å². The molecule has 0 radical (unpaired) electrons. The number of piperazine rings is 1. The fourth-order valence-electron chi connectivity index (χ4n) is 3.48. The maximum atomic E-state index is 14.8. The first kappa shape index (κ1) is 23.9. The number of carbonyl (C=O) groups is 1. The molecule has 1 N–H and O–H groups in total. The van der Waals surface area contributed by atoms with Crippen molar-refractivity contribution < 1.29 is 31.5 Å². The van der Waals surface area contributed by atoms with Gasteiger partial charge in [-0.3, -0.25) is 4.90 Å². The van der Waals surface area contributed by atoms with E-state index in [4.69, 9.17) is 27.0 Å². The van der Waals surface area contributed by atoms with Gasteiger partial charge in [-0.25, -0.2) is 22.0 Å². The van der Waals surface area contributed by atoms with Gasteiger partial charge in [-0.2, -0.15) is 9.57 Å². The second-order valence-corrected chi connectivity index (χ2v) is 9.39. The average molecular weight is 490 g/mol. The Morgan fingerprint density at radius 3 is 2.50 bits per heavy atom. The van der Waals surface area contributed by atoms with Gasteiger partial charge in [0.25, 0.3) is 5.17 Å². The van der Waals surface area contributed by atoms with Crippen LogP contribution in [-0.2, 0) is 19.5 Å². The number of nitriles is 1. The number of ether oxygens (including phenoxy) is 2. The summed E-state index contributed by atoms with van der Waals surface area (Å²) in [6.07, 6.45) is -1.34. The minimum absolute atomic E-state index is 0.000743. The monoisotopic (exact) mass is 489 g/mol. The van der Waals surface area contributed by atoms with Crippen LogP contribution in [0.4, 0.5) is 25.0 Å². The molecule has 0 bridgehead atoms. The number of anilines is 2. The minimum Gasteiger partial charge on any atom is -0.474 e. The van der Waals surface area contributed by atoms with Crippen LogP contribution < -0.4 is 15.1 Å². The minimum atomic E-state index is -3.72. The third-order valence-corrected chi connectivity index (χ3v) is 7.00. The molecule has 2 aliphatic rings. The highest BCUT2D eigenvalue weighted by Crippen LogP contribution is 2.31. The van der Waals surface area contributed by atoms with Crippen molar-refractivity contribution in [3.63, 3.8) is 0 Å². The van der Waals surface area contributed by atoms with E-state index < -0.39 is 39.6 Å². The summed E-state index contributed by atoms with van der Waals surface area (Å²) in [5, 5.41) is 11.5. The van der Waals surface area contributed by atoms with Crippen molar-refractivity contribution in [2.75, 3.05) is 61.9 Å². The molecule has 0 spiro atoms. The van der Waals surface area contributed by atoms with Crippen LogP contribution in [0.2, 0.25) is 0 Å². The van der Waals surface area contributed by atoms with Crippen LogP contribution in [0.3, 0.4) is 0 Å². The van der Waals surface area contributed by atoms with E-state index in [0.717, 1.165) is 21.3 Å². The Kier molecular flexibility index (Phi) is 7.32. The van der Waals surface area contributed by atoms with Crippen LogP contribution in [-0.4, -0.2) is 82.2 Å². The summed E-state index contributed by atoms with van der Waals surface area (Å²) >= 11 is 4.85. The predicted molar refractivity (Wildman–Crippen MR) is 115 cm³/mol. The van der Waals surface area contributed by atoms with Crippen molar-refractivity contribution >= 4 is 44.9 Å². The molecule has 3 rings (SSSR count). The van der Waals surface area contributed by atoms with E-state index >= 15 is 0 Å². The molecule has 174 valence electrons. The smallest absolute Gasteiger partial charge is 0.414 e. The van der Waals surface area contributed by atoms with E-state index in [2.05, 4.69) is 5.32 Å². The number of sulfonamides is 1. The second kappa shape index (κ2) is 9.80. The van der Waals surface area contributed by atoms with Crippen molar-refractivity contribution in [2.45, 2.75) is 6.10 Å². The van der Waals surface area contributed by atoms with Crippen molar-refractivity contribution in [3.05, 3.63) is 23.8 Å². The Morgan fingerprint density at radius 2 is 1.94 bits per heavy atom. The number of halogens is 2. The van der Waals surface area contributed by atoms with Crippen LogP contribution >= 0.6 is 12.2 Å². The Balaban J connectivity index is 1.69. The van der Waals surface area contributed by atoms with Crippen LogP contribution in [0, 0.1) is 23.0 Å². The number of benzene rings is 1. The number of hydrogen-bond donors (Lipinski definition) is 1. The first-order chi connectivity index (χ1) is 15.2. The first-order valence-corrected chi connectivity index (χ1v) is 11.6. The van der Waals surface area contributed by atoms with Gasteiger partial charge in [-0.15, -0.1) is 0 Å². The predicted octanol–water partition coefficient (Wildman–Crippen LogP) is 0.786. The molecular weight excluding hydrogens is 468 g/mol. The standard InChI is InChI=1S/C18H21F2N5O5S2/c1-29-17(31)22-10-13-11-25(18(26)30-13)12-8-14(19)16(15(20)9-12)23-3-5-24(6-4-23)32(27,28)7-2-21/h8-9,13H,3-7,10-11H2,1H3,(H,22,31)/t13-/m0/s1. The molecule has 2 aliphatic heterocycles.